The van der Waals surface area contributed by atoms with Crippen molar-refractivity contribution in [3.8, 4) is 0 Å². The predicted octanol–water partition coefficient (Wildman–Crippen LogP) is 3.20. The van der Waals surface area contributed by atoms with Gasteiger partial charge >= 0.3 is 0 Å². The van der Waals surface area contributed by atoms with Gasteiger partial charge < -0.3 is 10.3 Å². The zero-order valence-corrected chi connectivity index (χ0v) is 12.6. The number of fused-ring (bicyclic) bond motifs is 1. The molecule has 0 amide bonds. The summed E-state index contributed by atoms with van der Waals surface area (Å²) in [5.74, 6) is 0.962. The third-order valence-electron chi connectivity index (χ3n) is 3.56. The van der Waals surface area contributed by atoms with E-state index in [-0.39, 0.29) is 6.04 Å². The van der Waals surface area contributed by atoms with Gasteiger partial charge in [0.05, 0.1) is 5.02 Å². The van der Waals surface area contributed by atoms with Crippen molar-refractivity contribution in [2.75, 3.05) is 6.54 Å². The van der Waals surface area contributed by atoms with Crippen LogP contribution in [0.5, 0.6) is 0 Å². The van der Waals surface area contributed by atoms with Crippen LogP contribution in [-0.2, 0) is 6.42 Å². The van der Waals surface area contributed by atoms with Crippen LogP contribution < -0.4 is 5.73 Å². The van der Waals surface area contributed by atoms with E-state index in [4.69, 9.17) is 22.3 Å². The molecule has 0 aliphatic carbocycles. The maximum atomic E-state index is 6.02. The summed E-state index contributed by atoms with van der Waals surface area (Å²) in [6, 6.07) is 12.2. The van der Waals surface area contributed by atoms with Gasteiger partial charge in [0.15, 0.2) is 5.65 Å². The lowest BCUT2D eigenvalue weighted by molar-refractivity contribution is 0.549. The fourth-order valence-corrected chi connectivity index (χ4v) is 2.63. The van der Waals surface area contributed by atoms with Crippen LogP contribution in [-0.4, -0.2) is 21.1 Å². The number of benzene rings is 1. The van der Waals surface area contributed by atoms with Crippen molar-refractivity contribution in [1.29, 1.82) is 0 Å². The Morgan fingerprint density at radius 3 is 2.76 bits per heavy atom. The Balaban J connectivity index is 2.12. The molecule has 0 spiro atoms. The zero-order valence-electron chi connectivity index (χ0n) is 11.8. The predicted molar refractivity (Wildman–Crippen MR) is 85.6 cm³/mol. The molecule has 5 heteroatoms. The van der Waals surface area contributed by atoms with E-state index in [1.165, 1.54) is 5.56 Å². The van der Waals surface area contributed by atoms with Crippen LogP contribution >= 0.6 is 11.6 Å². The van der Waals surface area contributed by atoms with Crippen LogP contribution in [0.2, 0.25) is 5.02 Å². The number of aromatic nitrogens is 3. The molecule has 3 aromatic rings. The van der Waals surface area contributed by atoms with Crippen LogP contribution in [0.3, 0.4) is 0 Å². The highest BCUT2D eigenvalue weighted by molar-refractivity contribution is 6.31. The van der Waals surface area contributed by atoms with E-state index < -0.39 is 0 Å². The van der Waals surface area contributed by atoms with Crippen molar-refractivity contribution in [2.24, 2.45) is 5.73 Å². The third-order valence-corrected chi connectivity index (χ3v) is 3.76. The molecule has 0 saturated heterocycles. The largest absolute Gasteiger partial charge is 0.328 e. The van der Waals surface area contributed by atoms with Crippen LogP contribution in [0.25, 0.3) is 11.2 Å². The van der Waals surface area contributed by atoms with Gasteiger partial charge in [-0.15, -0.1) is 0 Å². The maximum absolute atomic E-state index is 6.02. The number of hydrogen-bond donors (Lipinski definition) is 1. The molecule has 0 bridgehead atoms. The van der Waals surface area contributed by atoms with Crippen molar-refractivity contribution in [1.82, 2.24) is 14.5 Å². The minimum absolute atomic E-state index is 0.141. The van der Waals surface area contributed by atoms with Crippen LogP contribution in [0.1, 0.15) is 24.4 Å². The Kier molecular flexibility index (Phi) is 3.90. The van der Waals surface area contributed by atoms with Crippen LogP contribution in [0.4, 0.5) is 0 Å². The molecule has 0 fully saturated rings. The van der Waals surface area contributed by atoms with Gasteiger partial charge in [0.1, 0.15) is 11.3 Å². The fraction of sp³-hybridized carbons (Fsp3) is 0.250. The summed E-state index contributed by atoms with van der Waals surface area (Å²) < 4.78 is 2.11. The Morgan fingerprint density at radius 2 is 2.05 bits per heavy atom. The standard InChI is InChI=1S/C16H17ClN4/c1-11(9-18)21-15(7-12-5-3-2-4-6-12)20-14-8-13(17)10-19-16(14)21/h2-6,8,10-11H,7,9,18H2,1H3. The number of pyridine rings is 1. The van der Waals surface area contributed by atoms with E-state index >= 15 is 0 Å². The summed E-state index contributed by atoms with van der Waals surface area (Å²) >= 11 is 6.02. The van der Waals surface area contributed by atoms with Gasteiger partial charge in [0.2, 0.25) is 0 Å². The topological polar surface area (TPSA) is 56.7 Å². The molecule has 1 atom stereocenters. The average molecular weight is 301 g/mol. The summed E-state index contributed by atoms with van der Waals surface area (Å²) in [5.41, 5.74) is 8.71. The second kappa shape index (κ2) is 5.84. The molecule has 1 unspecified atom stereocenters. The number of hydrogen-bond acceptors (Lipinski definition) is 3. The van der Waals surface area contributed by atoms with Gasteiger partial charge in [-0.25, -0.2) is 9.97 Å². The van der Waals surface area contributed by atoms with Gasteiger partial charge in [-0.3, -0.25) is 0 Å². The van der Waals surface area contributed by atoms with E-state index in [1.54, 1.807) is 6.20 Å². The highest BCUT2D eigenvalue weighted by Gasteiger charge is 2.16. The SMILES string of the molecule is CC(CN)n1c(Cc2ccccc2)nc2cc(Cl)cnc21. The Morgan fingerprint density at radius 1 is 1.29 bits per heavy atom. The highest BCUT2D eigenvalue weighted by atomic mass is 35.5. The second-order valence-electron chi connectivity index (χ2n) is 5.14. The summed E-state index contributed by atoms with van der Waals surface area (Å²) in [4.78, 5) is 9.12. The van der Waals surface area contributed by atoms with E-state index in [2.05, 4.69) is 28.6 Å². The van der Waals surface area contributed by atoms with Gasteiger partial charge in [0.25, 0.3) is 0 Å². The molecule has 2 heterocycles. The molecule has 2 N–H and O–H groups in total. The van der Waals surface area contributed by atoms with E-state index in [9.17, 15) is 0 Å². The number of nitrogens with two attached hydrogens (primary N) is 1. The lowest BCUT2D eigenvalue weighted by Crippen LogP contribution is -2.18. The number of halogens is 1. The fourth-order valence-electron chi connectivity index (χ4n) is 2.48. The van der Waals surface area contributed by atoms with Crippen molar-refractivity contribution in [3.05, 3.63) is 59.0 Å². The highest BCUT2D eigenvalue weighted by Crippen LogP contribution is 2.23. The monoisotopic (exact) mass is 300 g/mol. The second-order valence-corrected chi connectivity index (χ2v) is 5.58. The normalized spacial score (nSPS) is 12.7. The van der Waals surface area contributed by atoms with Gasteiger partial charge in [-0.1, -0.05) is 41.9 Å². The molecule has 3 rings (SSSR count). The maximum Gasteiger partial charge on any atom is 0.160 e. The Hall–Kier alpha value is -1.91. The van der Waals surface area contributed by atoms with Crippen LogP contribution in [0.15, 0.2) is 42.6 Å². The number of imidazole rings is 1. The molecule has 1 aromatic carbocycles. The lowest BCUT2D eigenvalue weighted by atomic mass is 10.1. The molecule has 4 nitrogen and oxygen atoms in total. The minimum Gasteiger partial charge on any atom is -0.328 e. The minimum atomic E-state index is 0.141. The van der Waals surface area contributed by atoms with Crippen molar-refractivity contribution >= 4 is 22.8 Å². The summed E-state index contributed by atoms with van der Waals surface area (Å²) in [7, 11) is 0. The Labute approximate surface area is 128 Å². The van der Waals surface area contributed by atoms with Crippen molar-refractivity contribution in [2.45, 2.75) is 19.4 Å². The first-order chi connectivity index (χ1) is 10.2. The van der Waals surface area contributed by atoms with Crippen molar-refractivity contribution < 1.29 is 0 Å². The van der Waals surface area contributed by atoms with Gasteiger partial charge in [-0.05, 0) is 18.6 Å². The van der Waals surface area contributed by atoms with Gasteiger partial charge in [0, 0.05) is 25.2 Å². The summed E-state index contributed by atoms with van der Waals surface area (Å²) in [6.07, 6.45) is 2.40. The summed E-state index contributed by atoms with van der Waals surface area (Å²) in [5, 5.41) is 0.596. The number of nitrogens with zero attached hydrogens (tertiary/aromatic N) is 3. The van der Waals surface area contributed by atoms with Crippen LogP contribution in [0, 0.1) is 0 Å². The molecule has 108 valence electrons. The Bertz CT molecular complexity index is 752. The summed E-state index contributed by atoms with van der Waals surface area (Å²) in [6.45, 7) is 2.61. The molecule has 2 aromatic heterocycles. The third kappa shape index (κ3) is 2.77. The van der Waals surface area contributed by atoms with E-state index in [1.807, 2.05) is 24.3 Å². The smallest absolute Gasteiger partial charge is 0.160 e. The average Bonchev–Trinajstić information content (AvgIpc) is 2.84. The first-order valence-corrected chi connectivity index (χ1v) is 7.33. The molecule has 0 radical (unpaired) electrons. The molecule has 21 heavy (non-hydrogen) atoms. The molecule has 0 saturated carbocycles. The number of rotatable bonds is 4. The molecular formula is C16H17ClN4. The van der Waals surface area contributed by atoms with E-state index in [0.29, 0.717) is 11.6 Å². The molecule has 0 aliphatic rings. The first-order valence-electron chi connectivity index (χ1n) is 6.95. The quantitative estimate of drug-likeness (QED) is 0.805. The zero-order chi connectivity index (χ0) is 14.8. The van der Waals surface area contributed by atoms with Crippen molar-refractivity contribution in [3.63, 3.8) is 0 Å². The first kappa shape index (κ1) is 14.0. The lowest BCUT2D eigenvalue weighted by Gasteiger charge is -2.15. The molecule has 0 aliphatic heterocycles. The van der Waals surface area contributed by atoms with Gasteiger partial charge in [-0.2, -0.15) is 0 Å². The molecular weight excluding hydrogens is 284 g/mol. The van der Waals surface area contributed by atoms with E-state index in [0.717, 1.165) is 23.4 Å².